The van der Waals surface area contributed by atoms with Crippen molar-refractivity contribution in [2.45, 2.75) is 17.7 Å². The first kappa shape index (κ1) is 12.3. The molecule has 3 nitrogen and oxygen atoms in total. The van der Waals surface area contributed by atoms with Crippen molar-refractivity contribution in [1.82, 2.24) is 5.32 Å². The number of rotatable bonds is 3. The molecule has 3 unspecified atom stereocenters. The molecule has 1 amide bonds. The van der Waals surface area contributed by atoms with Crippen molar-refractivity contribution < 1.29 is 4.79 Å². The van der Waals surface area contributed by atoms with E-state index in [-0.39, 0.29) is 17.9 Å². The normalized spacial score (nSPS) is 33.9. The lowest BCUT2D eigenvalue weighted by molar-refractivity contribution is -0.123. The number of hydrogen-bond acceptors (Lipinski definition) is 4. The molecule has 0 radical (unpaired) electrons. The van der Waals surface area contributed by atoms with Crippen LogP contribution >= 0.6 is 23.5 Å². The molecule has 0 aromatic heterocycles. The molecule has 2 aliphatic rings. The summed E-state index contributed by atoms with van der Waals surface area (Å²) in [6.45, 7) is 0.802. The minimum absolute atomic E-state index is 0.00348. The summed E-state index contributed by atoms with van der Waals surface area (Å²) >= 11 is 3.95. The van der Waals surface area contributed by atoms with Gasteiger partial charge in [0.2, 0.25) is 5.91 Å². The Kier molecular flexibility index (Phi) is 4.61. The molecule has 3 atom stereocenters. The van der Waals surface area contributed by atoms with E-state index in [4.69, 9.17) is 5.73 Å². The molecule has 5 heteroatoms. The first-order chi connectivity index (χ1) is 7.75. The van der Waals surface area contributed by atoms with E-state index in [9.17, 15) is 4.79 Å². The second-order valence-electron chi connectivity index (χ2n) is 4.20. The summed E-state index contributed by atoms with van der Waals surface area (Å²) in [7, 11) is 0. The first-order valence-corrected chi connectivity index (χ1v) is 7.87. The molecule has 1 aliphatic carbocycles. The van der Waals surface area contributed by atoms with Crippen LogP contribution in [0.15, 0.2) is 12.2 Å². The van der Waals surface area contributed by atoms with Crippen molar-refractivity contribution in [3.05, 3.63) is 12.2 Å². The van der Waals surface area contributed by atoms with Gasteiger partial charge in [-0.05, 0) is 6.42 Å². The van der Waals surface area contributed by atoms with Crippen LogP contribution in [0.4, 0.5) is 0 Å². The maximum atomic E-state index is 11.8. The molecule has 0 bridgehead atoms. The summed E-state index contributed by atoms with van der Waals surface area (Å²) in [5.74, 6) is 3.75. The van der Waals surface area contributed by atoms with Crippen LogP contribution in [0.2, 0.25) is 0 Å². The van der Waals surface area contributed by atoms with Gasteiger partial charge in [0, 0.05) is 35.1 Å². The van der Waals surface area contributed by atoms with Crippen LogP contribution < -0.4 is 11.1 Å². The SMILES string of the molecule is NC1C=CC(C(=O)NCC2CSCCS2)C1. The highest BCUT2D eigenvalue weighted by Gasteiger charge is 2.23. The average molecular weight is 258 g/mol. The molecule has 3 N–H and O–H groups in total. The third kappa shape index (κ3) is 3.43. The zero-order valence-corrected chi connectivity index (χ0v) is 10.9. The van der Waals surface area contributed by atoms with Gasteiger partial charge in [0.15, 0.2) is 0 Å². The van der Waals surface area contributed by atoms with Crippen LogP contribution in [0, 0.1) is 5.92 Å². The standard InChI is InChI=1S/C11H18N2OS2/c12-9-2-1-8(5-9)11(14)13-6-10-7-15-3-4-16-10/h1-2,8-10H,3-7,12H2,(H,13,14). The van der Waals surface area contributed by atoms with Crippen LogP contribution in [0.25, 0.3) is 0 Å². The summed E-state index contributed by atoms with van der Waals surface area (Å²) in [4.78, 5) is 11.8. The molecule has 1 fully saturated rings. The van der Waals surface area contributed by atoms with E-state index in [2.05, 4.69) is 5.32 Å². The summed E-state index contributed by atoms with van der Waals surface area (Å²) in [5.41, 5.74) is 5.73. The number of hydrogen-bond donors (Lipinski definition) is 2. The number of thioether (sulfide) groups is 2. The topological polar surface area (TPSA) is 55.1 Å². The second-order valence-corrected chi connectivity index (χ2v) is 6.76. The zero-order valence-electron chi connectivity index (χ0n) is 9.22. The summed E-state index contributed by atoms with van der Waals surface area (Å²) in [6, 6.07) is 0.0651. The van der Waals surface area contributed by atoms with Crippen molar-refractivity contribution in [3.63, 3.8) is 0 Å². The lowest BCUT2D eigenvalue weighted by atomic mass is 10.1. The molecule has 1 aliphatic heterocycles. The maximum absolute atomic E-state index is 11.8. The van der Waals surface area contributed by atoms with E-state index in [1.807, 2.05) is 35.7 Å². The summed E-state index contributed by atoms with van der Waals surface area (Å²) < 4.78 is 0. The smallest absolute Gasteiger partial charge is 0.227 e. The van der Waals surface area contributed by atoms with Gasteiger partial charge in [-0.2, -0.15) is 23.5 Å². The Morgan fingerprint density at radius 1 is 1.44 bits per heavy atom. The largest absolute Gasteiger partial charge is 0.354 e. The Morgan fingerprint density at radius 3 is 2.94 bits per heavy atom. The van der Waals surface area contributed by atoms with Gasteiger partial charge in [-0.15, -0.1) is 0 Å². The van der Waals surface area contributed by atoms with Gasteiger partial charge in [-0.3, -0.25) is 4.79 Å². The fourth-order valence-corrected chi connectivity index (χ4v) is 4.53. The van der Waals surface area contributed by atoms with E-state index in [1.165, 1.54) is 11.5 Å². The lowest BCUT2D eigenvalue weighted by Crippen LogP contribution is -2.37. The molecular formula is C11H18N2OS2. The Labute approximate surface area is 105 Å². The van der Waals surface area contributed by atoms with Crippen LogP contribution in [-0.4, -0.2) is 41.0 Å². The molecule has 0 aromatic rings. The van der Waals surface area contributed by atoms with Gasteiger partial charge in [-0.25, -0.2) is 0 Å². The van der Waals surface area contributed by atoms with Crippen LogP contribution in [0.3, 0.4) is 0 Å². The van der Waals surface area contributed by atoms with E-state index in [0.29, 0.717) is 5.25 Å². The molecule has 16 heavy (non-hydrogen) atoms. The third-order valence-corrected chi connectivity index (χ3v) is 5.69. The maximum Gasteiger partial charge on any atom is 0.227 e. The van der Waals surface area contributed by atoms with E-state index < -0.39 is 0 Å². The Bertz CT molecular complexity index is 277. The van der Waals surface area contributed by atoms with E-state index in [1.54, 1.807) is 0 Å². The highest BCUT2D eigenvalue weighted by atomic mass is 32.2. The Morgan fingerprint density at radius 2 is 2.31 bits per heavy atom. The van der Waals surface area contributed by atoms with Gasteiger partial charge in [0.25, 0.3) is 0 Å². The molecule has 1 saturated heterocycles. The van der Waals surface area contributed by atoms with Crippen LogP contribution in [0.5, 0.6) is 0 Å². The molecule has 0 spiro atoms. The predicted molar refractivity (Wildman–Crippen MR) is 71.8 cm³/mol. The number of carbonyl (C=O) groups excluding carboxylic acids is 1. The van der Waals surface area contributed by atoms with Crippen molar-refractivity contribution in [1.29, 1.82) is 0 Å². The fourth-order valence-electron chi connectivity index (χ4n) is 1.92. The lowest BCUT2D eigenvalue weighted by Gasteiger charge is -2.21. The molecular weight excluding hydrogens is 240 g/mol. The number of nitrogens with two attached hydrogens (primary N) is 1. The van der Waals surface area contributed by atoms with Crippen molar-refractivity contribution in [2.75, 3.05) is 23.8 Å². The second kappa shape index (κ2) is 5.98. The number of carbonyl (C=O) groups is 1. The average Bonchev–Trinajstić information content (AvgIpc) is 2.74. The summed E-state index contributed by atoms with van der Waals surface area (Å²) in [6.07, 6.45) is 4.62. The molecule has 90 valence electrons. The molecule has 1 heterocycles. The number of nitrogens with one attached hydrogen (secondary N) is 1. The van der Waals surface area contributed by atoms with Gasteiger partial charge >= 0.3 is 0 Å². The molecule has 2 rings (SSSR count). The van der Waals surface area contributed by atoms with E-state index in [0.717, 1.165) is 18.7 Å². The third-order valence-electron chi connectivity index (χ3n) is 2.84. The fraction of sp³-hybridized carbons (Fsp3) is 0.727. The first-order valence-electron chi connectivity index (χ1n) is 5.66. The van der Waals surface area contributed by atoms with Crippen molar-refractivity contribution >= 4 is 29.4 Å². The van der Waals surface area contributed by atoms with Gasteiger partial charge in [0.05, 0.1) is 5.92 Å². The minimum atomic E-state index is -0.00348. The molecule has 0 aromatic carbocycles. The van der Waals surface area contributed by atoms with Crippen molar-refractivity contribution in [3.8, 4) is 0 Å². The van der Waals surface area contributed by atoms with Crippen molar-refractivity contribution in [2.24, 2.45) is 11.7 Å². The number of amides is 1. The quantitative estimate of drug-likeness (QED) is 0.737. The Hall–Kier alpha value is -0.130. The monoisotopic (exact) mass is 258 g/mol. The van der Waals surface area contributed by atoms with Crippen LogP contribution in [0.1, 0.15) is 6.42 Å². The minimum Gasteiger partial charge on any atom is -0.354 e. The highest BCUT2D eigenvalue weighted by Crippen LogP contribution is 2.23. The van der Waals surface area contributed by atoms with Gasteiger partial charge in [-0.1, -0.05) is 12.2 Å². The molecule has 0 saturated carbocycles. The van der Waals surface area contributed by atoms with E-state index >= 15 is 0 Å². The van der Waals surface area contributed by atoms with Crippen LogP contribution in [-0.2, 0) is 4.79 Å². The van der Waals surface area contributed by atoms with Gasteiger partial charge < -0.3 is 11.1 Å². The van der Waals surface area contributed by atoms with Gasteiger partial charge in [0.1, 0.15) is 0 Å². The highest BCUT2D eigenvalue weighted by molar-refractivity contribution is 8.06. The zero-order chi connectivity index (χ0) is 11.4. The Balaban J connectivity index is 1.69. The predicted octanol–water partition coefficient (Wildman–Crippen LogP) is 0.855. The summed E-state index contributed by atoms with van der Waals surface area (Å²) in [5, 5.41) is 3.62.